The van der Waals surface area contributed by atoms with E-state index in [-0.39, 0.29) is 35.2 Å². The highest BCUT2D eigenvalue weighted by atomic mass is 35.5. The van der Waals surface area contributed by atoms with E-state index in [9.17, 15) is 13.2 Å². The van der Waals surface area contributed by atoms with Gasteiger partial charge in [0.2, 0.25) is 15.9 Å². The van der Waals surface area contributed by atoms with Crippen LogP contribution in [0.25, 0.3) is 0 Å². The zero-order valence-corrected chi connectivity index (χ0v) is 21.9. The first-order chi connectivity index (χ1) is 17.3. The van der Waals surface area contributed by atoms with E-state index in [1.807, 2.05) is 30.3 Å². The van der Waals surface area contributed by atoms with Crippen LogP contribution in [0.5, 0.6) is 17.2 Å². The third-order valence-corrected chi connectivity index (χ3v) is 7.03. The lowest BCUT2D eigenvalue weighted by molar-refractivity contribution is -0.122. The number of halogens is 1. The molecule has 0 saturated carbocycles. The summed E-state index contributed by atoms with van der Waals surface area (Å²) in [5.74, 6) is 0.750. The van der Waals surface area contributed by atoms with Gasteiger partial charge in [0.05, 0.1) is 20.8 Å². The SMILES string of the molecule is CCOc1ccc(Cl)cc1S(=O)(=O)NC(Cc1ccccc1)C(=O)NCc1ccc(OC)c(OC)c1. The van der Waals surface area contributed by atoms with Gasteiger partial charge in [0.25, 0.3) is 0 Å². The second kappa shape index (κ2) is 12.6. The Morgan fingerprint density at radius 2 is 1.61 bits per heavy atom. The summed E-state index contributed by atoms with van der Waals surface area (Å²) < 4.78 is 45.3. The fourth-order valence-electron chi connectivity index (χ4n) is 3.56. The number of amides is 1. The monoisotopic (exact) mass is 532 g/mol. The van der Waals surface area contributed by atoms with Crippen molar-refractivity contribution in [3.63, 3.8) is 0 Å². The highest BCUT2D eigenvalue weighted by molar-refractivity contribution is 7.89. The molecule has 0 bridgehead atoms. The zero-order valence-electron chi connectivity index (χ0n) is 20.3. The van der Waals surface area contributed by atoms with Crippen LogP contribution in [0, 0.1) is 0 Å². The molecule has 8 nitrogen and oxygen atoms in total. The average Bonchev–Trinajstić information content (AvgIpc) is 2.88. The van der Waals surface area contributed by atoms with Gasteiger partial charge in [0, 0.05) is 11.6 Å². The van der Waals surface area contributed by atoms with Crippen molar-refractivity contribution in [1.82, 2.24) is 10.0 Å². The summed E-state index contributed by atoms with van der Waals surface area (Å²) in [6, 6.07) is 17.7. The van der Waals surface area contributed by atoms with Crippen LogP contribution < -0.4 is 24.2 Å². The molecule has 0 aliphatic heterocycles. The van der Waals surface area contributed by atoms with Crippen LogP contribution in [0.1, 0.15) is 18.1 Å². The highest BCUT2D eigenvalue weighted by Gasteiger charge is 2.28. The fourth-order valence-corrected chi connectivity index (χ4v) is 5.16. The van der Waals surface area contributed by atoms with Crippen LogP contribution in [-0.4, -0.2) is 41.2 Å². The predicted octanol–water partition coefficient (Wildman–Crippen LogP) is 3.96. The number of hydrogen-bond donors (Lipinski definition) is 2. The van der Waals surface area contributed by atoms with E-state index in [1.54, 1.807) is 31.2 Å². The van der Waals surface area contributed by atoms with Crippen molar-refractivity contribution in [2.24, 2.45) is 0 Å². The van der Waals surface area contributed by atoms with E-state index in [0.717, 1.165) is 11.1 Å². The van der Waals surface area contributed by atoms with E-state index < -0.39 is 22.0 Å². The molecule has 192 valence electrons. The topological polar surface area (TPSA) is 103 Å². The summed E-state index contributed by atoms with van der Waals surface area (Å²) in [4.78, 5) is 13.1. The predicted molar refractivity (Wildman–Crippen MR) is 138 cm³/mol. The summed E-state index contributed by atoms with van der Waals surface area (Å²) in [7, 11) is -1.10. The molecule has 0 spiro atoms. The van der Waals surface area contributed by atoms with Gasteiger partial charge in [-0.1, -0.05) is 48.0 Å². The molecule has 0 saturated heterocycles. The van der Waals surface area contributed by atoms with E-state index in [0.29, 0.717) is 11.5 Å². The van der Waals surface area contributed by atoms with Crippen molar-refractivity contribution in [3.8, 4) is 17.2 Å². The van der Waals surface area contributed by atoms with Crippen LogP contribution in [0.4, 0.5) is 0 Å². The van der Waals surface area contributed by atoms with Gasteiger partial charge in [-0.05, 0) is 54.8 Å². The van der Waals surface area contributed by atoms with Gasteiger partial charge >= 0.3 is 0 Å². The third-order valence-electron chi connectivity index (χ3n) is 5.31. The molecule has 3 rings (SSSR count). The van der Waals surface area contributed by atoms with Gasteiger partial charge < -0.3 is 19.5 Å². The van der Waals surface area contributed by atoms with Gasteiger partial charge in [0.15, 0.2) is 11.5 Å². The first-order valence-electron chi connectivity index (χ1n) is 11.2. The van der Waals surface area contributed by atoms with Crippen molar-refractivity contribution < 1.29 is 27.4 Å². The van der Waals surface area contributed by atoms with Crippen LogP contribution in [-0.2, 0) is 27.8 Å². The first kappa shape index (κ1) is 27.3. The summed E-state index contributed by atoms with van der Waals surface area (Å²) in [6.07, 6.45) is 0.141. The average molecular weight is 533 g/mol. The maximum atomic E-state index is 13.4. The number of carbonyl (C=O) groups is 1. The van der Waals surface area contributed by atoms with Gasteiger partial charge in [-0.15, -0.1) is 0 Å². The number of carbonyl (C=O) groups excluding carboxylic acids is 1. The van der Waals surface area contributed by atoms with Gasteiger partial charge in [-0.2, -0.15) is 4.72 Å². The Labute approximate surface area is 216 Å². The second-order valence-electron chi connectivity index (χ2n) is 7.79. The molecule has 10 heteroatoms. The third kappa shape index (κ3) is 7.13. The van der Waals surface area contributed by atoms with E-state index in [1.165, 1.54) is 26.4 Å². The van der Waals surface area contributed by atoms with Crippen molar-refractivity contribution >= 4 is 27.5 Å². The van der Waals surface area contributed by atoms with E-state index >= 15 is 0 Å². The first-order valence-corrected chi connectivity index (χ1v) is 13.1. The minimum absolute atomic E-state index is 0.136. The molecular weight excluding hydrogens is 504 g/mol. The minimum atomic E-state index is -4.16. The molecule has 1 unspecified atom stereocenters. The smallest absolute Gasteiger partial charge is 0.245 e. The summed E-state index contributed by atoms with van der Waals surface area (Å²) in [5, 5.41) is 3.05. The number of sulfonamides is 1. The highest BCUT2D eigenvalue weighted by Crippen LogP contribution is 2.29. The molecule has 2 N–H and O–H groups in total. The summed E-state index contributed by atoms with van der Waals surface area (Å²) in [5.41, 5.74) is 1.55. The van der Waals surface area contributed by atoms with Crippen LogP contribution >= 0.6 is 11.6 Å². The number of methoxy groups -OCH3 is 2. The van der Waals surface area contributed by atoms with Crippen LogP contribution in [0.3, 0.4) is 0 Å². The number of ether oxygens (including phenoxy) is 3. The maximum absolute atomic E-state index is 13.4. The molecule has 0 aliphatic rings. The fraction of sp³-hybridized carbons (Fsp3) is 0.269. The number of hydrogen-bond acceptors (Lipinski definition) is 6. The molecule has 0 fully saturated rings. The number of benzene rings is 3. The molecule has 3 aromatic rings. The molecule has 1 atom stereocenters. The maximum Gasteiger partial charge on any atom is 0.245 e. The summed E-state index contributed by atoms with van der Waals surface area (Å²) in [6.45, 7) is 2.18. The Bertz CT molecular complexity index is 1280. The van der Waals surface area contributed by atoms with Crippen LogP contribution in [0.15, 0.2) is 71.6 Å². The van der Waals surface area contributed by atoms with Gasteiger partial charge in [0.1, 0.15) is 16.7 Å². The largest absolute Gasteiger partial charge is 0.493 e. The van der Waals surface area contributed by atoms with E-state index in [2.05, 4.69) is 10.0 Å². The summed E-state index contributed by atoms with van der Waals surface area (Å²) >= 11 is 6.07. The normalized spacial score (nSPS) is 12.0. The lowest BCUT2D eigenvalue weighted by Crippen LogP contribution is -2.47. The quantitative estimate of drug-likeness (QED) is 0.366. The Kier molecular flexibility index (Phi) is 9.58. The lowest BCUT2D eigenvalue weighted by Gasteiger charge is -2.20. The molecule has 0 radical (unpaired) electrons. The molecule has 36 heavy (non-hydrogen) atoms. The van der Waals surface area contributed by atoms with Crippen molar-refractivity contribution in [2.45, 2.75) is 30.8 Å². The van der Waals surface area contributed by atoms with Crippen molar-refractivity contribution in [2.75, 3.05) is 20.8 Å². The van der Waals surface area contributed by atoms with Gasteiger partial charge in [-0.25, -0.2) is 8.42 Å². The Morgan fingerprint density at radius 1 is 0.917 bits per heavy atom. The van der Waals surface area contributed by atoms with Crippen molar-refractivity contribution in [1.29, 1.82) is 0 Å². The molecular formula is C26H29ClN2O6S. The molecule has 3 aromatic carbocycles. The number of rotatable bonds is 12. The Balaban J connectivity index is 1.85. The van der Waals surface area contributed by atoms with E-state index in [4.69, 9.17) is 25.8 Å². The van der Waals surface area contributed by atoms with Gasteiger partial charge in [-0.3, -0.25) is 4.79 Å². The minimum Gasteiger partial charge on any atom is -0.493 e. The number of nitrogens with one attached hydrogen (secondary N) is 2. The van der Waals surface area contributed by atoms with Crippen molar-refractivity contribution in [3.05, 3.63) is 82.9 Å². The standard InChI is InChI=1S/C26H29ClN2O6S/c1-4-35-23-13-11-20(27)16-25(23)36(31,32)29-21(14-18-8-6-5-7-9-18)26(30)28-17-19-10-12-22(33-2)24(15-19)34-3/h5-13,15-16,21,29H,4,14,17H2,1-3H3,(H,28,30). The Hall–Kier alpha value is -3.27. The second-order valence-corrected chi connectivity index (χ2v) is 9.91. The molecule has 0 heterocycles. The Morgan fingerprint density at radius 3 is 2.28 bits per heavy atom. The molecule has 1 amide bonds. The molecule has 0 aromatic heterocycles. The van der Waals surface area contributed by atoms with Crippen LogP contribution in [0.2, 0.25) is 5.02 Å². The molecule has 0 aliphatic carbocycles. The zero-order chi connectivity index (χ0) is 26.1. The lowest BCUT2D eigenvalue weighted by atomic mass is 10.1.